The molecule has 0 aliphatic heterocycles. The Bertz CT molecular complexity index is 132. The lowest BCUT2D eigenvalue weighted by Crippen LogP contribution is -2.40. The van der Waals surface area contributed by atoms with E-state index in [1.54, 1.807) is 0 Å². The summed E-state index contributed by atoms with van der Waals surface area (Å²) in [4.78, 5) is 1.88. The highest BCUT2D eigenvalue weighted by Gasteiger charge is 2.08. The molecule has 4 N–H and O–H groups in total. The molecule has 0 amide bonds. The van der Waals surface area contributed by atoms with Gasteiger partial charge in [-0.1, -0.05) is 13.3 Å². The quantitative estimate of drug-likeness (QED) is 0.268. The zero-order chi connectivity index (χ0) is 8.85. The highest BCUT2D eigenvalue weighted by molar-refractivity contribution is 5.77. The maximum atomic E-state index is 5.50. The van der Waals surface area contributed by atoms with Crippen molar-refractivity contribution < 1.29 is 0 Å². The normalized spacial score (nSPS) is 14.6. The van der Waals surface area contributed by atoms with Crippen LogP contribution in [0.3, 0.4) is 0 Å². The van der Waals surface area contributed by atoms with Gasteiger partial charge in [-0.2, -0.15) is 0 Å². The molecule has 0 radical (unpaired) electrons. The molecule has 0 saturated carbocycles. The van der Waals surface area contributed by atoms with Gasteiger partial charge in [0.05, 0.1) is 0 Å². The van der Waals surface area contributed by atoms with E-state index in [-0.39, 0.29) is 0 Å². The van der Waals surface area contributed by atoms with E-state index in [1.807, 2.05) is 11.9 Å². The van der Waals surface area contributed by atoms with Gasteiger partial charge in [-0.25, -0.2) is 0 Å². The van der Waals surface area contributed by atoms with Crippen LogP contribution in [0.1, 0.15) is 26.7 Å². The van der Waals surface area contributed by atoms with Crippen LogP contribution < -0.4 is 11.6 Å². The van der Waals surface area contributed by atoms with Crippen molar-refractivity contribution in [3.63, 3.8) is 0 Å². The number of hydrazone groups is 1. The highest BCUT2D eigenvalue weighted by Crippen LogP contribution is 2.02. The molecule has 1 unspecified atom stereocenters. The average molecular weight is 158 g/mol. The molecule has 11 heavy (non-hydrogen) atoms. The van der Waals surface area contributed by atoms with Crippen molar-refractivity contribution in [1.29, 1.82) is 0 Å². The molecule has 66 valence electrons. The minimum absolute atomic E-state index is 0.394. The van der Waals surface area contributed by atoms with E-state index in [9.17, 15) is 0 Å². The molecule has 4 heteroatoms. The van der Waals surface area contributed by atoms with Crippen molar-refractivity contribution in [3.05, 3.63) is 0 Å². The molecule has 0 bridgehead atoms. The summed E-state index contributed by atoms with van der Waals surface area (Å²) in [6.45, 7) is 4.24. The third-order valence-electron chi connectivity index (χ3n) is 1.86. The summed E-state index contributed by atoms with van der Waals surface area (Å²) in [5, 5.41) is 3.41. The van der Waals surface area contributed by atoms with E-state index in [0.29, 0.717) is 12.0 Å². The molecule has 0 aliphatic rings. The predicted molar refractivity (Wildman–Crippen MR) is 47.9 cm³/mol. The minimum atomic E-state index is 0.394. The fourth-order valence-electron chi connectivity index (χ4n) is 0.928. The Labute approximate surface area is 68.2 Å². The van der Waals surface area contributed by atoms with Crippen LogP contribution >= 0.6 is 0 Å². The summed E-state index contributed by atoms with van der Waals surface area (Å²) in [5.41, 5.74) is 5.50. The second kappa shape index (κ2) is 4.82. The lowest BCUT2D eigenvalue weighted by molar-refractivity contribution is 0.362. The first-order valence-electron chi connectivity index (χ1n) is 3.89. The summed E-state index contributed by atoms with van der Waals surface area (Å²) in [5.74, 6) is 5.42. The molecule has 0 spiro atoms. The van der Waals surface area contributed by atoms with Crippen LogP contribution in [-0.2, 0) is 0 Å². The van der Waals surface area contributed by atoms with Crippen LogP contribution in [0.4, 0.5) is 0 Å². The van der Waals surface area contributed by atoms with E-state index in [0.717, 1.165) is 12.8 Å². The van der Waals surface area contributed by atoms with Crippen LogP contribution in [0.25, 0.3) is 0 Å². The van der Waals surface area contributed by atoms with Crippen LogP contribution in [0, 0.1) is 0 Å². The molecule has 0 fully saturated rings. The Morgan fingerprint density at radius 2 is 2.18 bits per heavy atom. The van der Waals surface area contributed by atoms with Crippen LogP contribution in [0.15, 0.2) is 5.10 Å². The molecule has 0 aliphatic carbocycles. The van der Waals surface area contributed by atoms with Gasteiger partial charge in [0, 0.05) is 13.1 Å². The Kier molecular flexibility index (Phi) is 4.41. The average Bonchev–Trinajstić information content (AvgIpc) is 2.02. The predicted octanol–water partition coefficient (Wildman–Crippen LogP) is 0.295. The number of hydrogen-bond acceptors (Lipinski definition) is 2. The molecular formula is C7H18N4. The molecule has 0 saturated heterocycles. The topological polar surface area (TPSA) is 67.6 Å². The Morgan fingerprint density at radius 3 is 2.55 bits per heavy atom. The fraction of sp³-hybridized carbons (Fsp3) is 0.857. The van der Waals surface area contributed by atoms with Gasteiger partial charge >= 0.3 is 0 Å². The molecule has 0 aromatic rings. The third-order valence-corrected chi connectivity index (χ3v) is 1.86. The van der Waals surface area contributed by atoms with Gasteiger partial charge in [0.15, 0.2) is 0 Å². The standard InChI is InChI=1S/C7H18N4/c1-4-5-6(2)11(3)7(8)10-9/h6H,4-5,9H2,1-3H3,(H2,8,10). The summed E-state index contributed by atoms with van der Waals surface area (Å²) in [6.07, 6.45) is 2.25. The Morgan fingerprint density at radius 1 is 1.64 bits per heavy atom. The molecule has 0 heterocycles. The molecular weight excluding hydrogens is 140 g/mol. The zero-order valence-corrected chi connectivity index (χ0v) is 7.54. The van der Waals surface area contributed by atoms with Crippen molar-refractivity contribution >= 4 is 5.96 Å². The number of nitrogens with zero attached hydrogens (tertiary/aromatic N) is 2. The Balaban J connectivity index is 3.91. The second-order valence-electron chi connectivity index (χ2n) is 2.74. The van der Waals surface area contributed by atoms with Crippen LogP contribution in [0.5, 0.6) is 0 Å². The molecule has 1 atom stereocenters. The second-order valence-corrected chi connectivity index (χ2v) is 2.74. The lowest BCUT2D eigenvalue weighted by atomic mass is 10.2. The highest BCUT2D eigenvalue weighted by atomic mass is 15.3. The van der Waals surface area contributed by atoms with Gasteiger partial charge in [-0.05, 0) is 13.3 Å². The van der Waals surface area contributed by atoms with Crippen molar-refractivity contribution in [1.82, 2.24) is 4.90 Å². The van der Waals surface area contributed by atoms with Crippen LogP contribution in [-0.4, -0.2) is 23.9 Å². The van der Waals surface area contributed by atoms with E-state index in [1.165, 1.54) is 0 Å². The number of rotatable bonds is 3. The number of guanidine groups is 1. The minimum Gasteiger partial charge on any atom is -0.368 e. The monoisotopic (exact) mass is 158 g/mol. The smallest absolute Gasteiger partial charge is 0.213 e. The molecule has 4 nitrogen and oxygen atoms in total. The van der Waals surface area contributed by atoms with Crippen LogP contribution in [0.2, 0.25) is 0 Å². The van der Waals surface area contributed by atoms with Crippen molar-refractivity contribution in [2.45, 2.75) is 32.7 Å². The maximum absolute atomic E-state index is 5.50. The first-order chi connectivity index (χ1) is 5.13. The van der Waals surface area contributed by atoms with Crippen molar-refractivity contribution in [3.8, 4) is 0 Å². The molecule has 0 aromatic heterocycles. The largest absolute Gasteiger partial charge is 0.368 e. The van der Waals surface area contributed by atoms with Gasteiger partial charge in [0.2, 0.25) is 5.96 Å². The van der Waals surface area contributed by atoms with Gasteiger partial charge in [0.25, 0.3) is 0 Å². The first-order valence-corrected chi connectivity index (χ1v) is 3.89. The fourth-order valence-corrected chi connectivity index (χ4v) is 0.928. The van der Waals surface area contributed by atoms with E-state index in [2.05, 4.69) is 18.9 Å². The summed E-state index contributed by atoms with van der Waals surface area (Å²) < 4.78 is 0. The van der Waals surface area contributed by atoms with Gasteiger partial charge in [-0.15, -0.1) is 5.10 Å². The van der Waals surface area contributed by atoms with Crippen molar-refractivity contribution in [2.24, 2.45) is 16.7 Å². The molecule has 0 aromatic carbocycles. The van der Waals surface area contributed by atoms with E-state index >= 15 is 0 Å². The van der Waals surface area contributed by atoms with Crippen molar-refractivity contribution in [2.75, 3.05) is 7.05 Å². The van der Waals surface area contributed by atoms with E-state index in [4.69, 9.17) is 11.6 Å². The third kappa shape index (κ3) is 3.11. The first kappa shape index (κ1) is 10.1. The maximum Gasteiger partial charge on any atom is 0.213 e. The lowest BCUT2D eigenvalue weighted by Gasteiger charge is -2.24. The zero-order valence-electron chi connectivity index (χ0n) is 7.54. The summed E-state index contributed by atoms with van der Waals surface area (Å²) in [6, 6.07) is 0.410. The number of hydrogen-bond donors (Lipinski definition) is 2. The molecule has 0 rings (SSSR count). The van der Waals surface area contributed by atoms with Gasteiger partial charge in [0.1, 0.15) is 0 Å². The van der Waals surface area contributed by atoms with Gasteiger partial charge < -0.3 is 16.5 Å². The summed E-state index contributed by atoms with van der Waals surface area (Å²) >= 11 is 0. The number of nitrogens with two attached hydrogens (primary N) is 2. The van der Waals surface area contributed by atoms with E-state index < -0.39 is 0 Å². The summed E-state index contributed by atoms with van der Waals surface area (Å²) in [7, 11) is 1.89. The Hall–Kier alpha value is -0.930. The van der Waals surface area contributed by atoms with Gasteiger partial charge in [-0.3, -0.25) is 0 Å². The SMILES string of the molecule is CCCC(C)N(C)C(N)=NN.